The Labute approximate surface area is 176 Å². The van der Waals surface area contributed by atoms with Crippen LogP contribution in [0.15, 0.2) is 23.8 Å². The van der Waals surface area contributed by atoms with Crippen LogP contribution < -0.4 is 0 Å². The molecule has 0 heterocycles. The Morgan fingerprint density at radius 2 is 2.03 bits per heavy atom. The minimum atomic E-state index is -1.94. The monoisotopic (exact) mass is 416 g/mol. The molecule has 29 heavy (non-hydrogen) atoms. The van der Waals surface area contributed by atoms with E-state index < -0.39 is 29.0 Å². The lowest BCUT2D eigenvalue weighted by atomic mass is 9.40. The van der Waals surface area contributed by atoms with Crippen molar-refractivity contribution < 1.29 is 19.1 Å². The number of aliphatic hydroxyl groups is 1. The third-order valence-electron chi connectivity index (χ3n) is 10.0. The van der Waals surface area contributed by atoms with Gasteiger partial charge in [0.05, 0.1) is 11.0 Å². The lowest BCUT2D eigenvalue weighted by molar-refractivity contribution is -0.220. The lowest BCUT2D eigenvalue weighted by Crippen LogP contribution is -2.70. The molecule has 1 spiro atoms. The first kappa shape index (κ1) is 19.7. The van der Waals surface area contributed by atoms with Crippen LogP contribution in [0.3, 0.4) is 0 Å². The maximum absolute atomic E-state index is 17.4. The number of aldehydes is 1. The highest BCUT2D eigenvalue weighted by molar-refractivity contribution is 7.81. The fourth-order valence-corrected chi connectivity index (χ4v) is 8.46. The fraction of sp³-hybridized carbons (Fsp3) is 0.708. The van der Waals surface area contributed by atoms with Crippen LogP contribution in [0.2, 0.25) is 0 Å². The minimum absolute atomic E-state index is 0.0866. The predicted molar refractivity (Wildman–Crippen MR) is 112 cm³/mol. The molecule has 0 unspecified atom stereocenters. The smallest absolute Gasteiger partial charge is 0.178 e. The average Bonchev–Trinajstić information content (AvgIpc) is 2.95. The summed E-state index contributed by atoms with van der Waals surface area (Å²) < 4.78 is 17.4. The number of halogens is 1. The molecule has 0 aliphatic heterocycles. The number of carbonyl (C=O) groups is 2. The Bertz CT molecular complexity index is 873. The van der Waals surface area contributed by atoms with E-state index in [1.165, 1.54) is 18.6 Å². The number of fused-ring (bicyclic) bond motifs is 6. The molecule has 4 saturated carbocycles. The lowest BCUT2D eigenvalue weighted by Gasteiger charge is -2.66. The van der Waals surface area contributed by atoms with Crippen molar-refractivity contribution in [1.82, 2.24) is 0 Å². The summed E-state index contributed by atoms with van der Waals surface area (Å²) in [6, 6.07) is 0. The van der Waals surface area contributed by atoms with Gasteiger partial charge in [0.2, 0.25) is 0 Å². The molecule has 0 aromatic rings. The van der Waals surface area contributed by atoms with E-state index in [1.54, 1.807) is 6.08 Å². The molecule has 5 aliphatic carbocycles. The number of rotatable bonds is 2. The van der Waals surface area contributed by atoms with E-state index in [9.17, 15) is 14.7 Å². The summed E-state index contributed by atoms with van der Waals surface area (Å²) in [7, 11) is 0. The predicted octanol–water partition coefficient (Wildman–Crippen LogP) is 4.32. The van der Waals surface area contributed by atoms with E-state index in [0.717, 1.165) is 25.7 Å². The van der Waals surface area contributed by atoms with Crippen molar-refractivity contribution in [2.24, 2.45) is 34.0 Å². The molecule has 0 radical (unpaired) electrons. The number of thiocarbonyl (C=S) groups is 1. The summed E-state index contributed by atoms with van der Waals surface area (Å²) in [6.45, 7) is 4.07. The maximum atomic E-state index is 17.4. The van der Waals surface area contributed by atoms with Crippen molar-refractivity contribution in [2.45, 2.75) is 70.6 Å². The van der Waals surface area contributed by atoms with Crippen LogP contribution in [0.5, 0.6) is 0 Å². The quantitative estimate of drug-likeness (QED) is 0.538. The van der Waals surface area contributed by atoms with E-state index in [0.29, 0.717) is 24.7 Å². The molecule has 0 aromatic carbocycles. The van der Waals surface area contributed by atoms with Gasteiger partial charge in [-0.15, -0.1) is 0 Å². The number of aliphatic hydroxyl groups excluding tert-OH is 1. The van der Waals surface area contributed by atoms with Gasteiger partial charge in [-0.25, -0.2) is 4.39 Å². The zero-order valence-corrected chi connectivity index (χ0v) is 17.9. The highest BCUT2D eigenvalue weighted by Crippen LogP contribution is 2.76. The molecule has 4 fully saturated rings. The molecule has 0 bridgehead atoms. The first-order valence-corrected chi connectivity index (χ1v) is 11.3. The maximum Gasteiger partial charge on any atom is 0.178 e. The normalized spacial score (nSPS) is 49.5. The third-order valence-corrected chi connectivity index (χ3v) is 10.4. The van der Waals surface area contributed by atoms with Gasteiger partial charge >= 0.3 is 0 Å². The van der Waals surface area contributed by atoms with Gasteiger partial charge in [0.1, 0.15) is 0 Å². The van der Waals surface area contributed by atoms with Gasteiger partial charge < -0.3 is 5.11 Å². The highest BCUT2D eigenvalue weighted by Gasteiger charge is 2.75. The van der Waals surface area contributed by atoms with Crippen LogP contribution in [0.25, 0.3) is 0 Å². The molecule has 5 heteroatoms. The van der Waals surface area contributed by atoms with Gasteiger partial charge in [-0.3, -0.25) is 9.59 Å². The standard InChI is InChI=1S/C24H29FO3S/c1-21-8-4-15(27)10-14(21)11-16(18(29)13-26)20-17-5-9-23(6-3-7-23)22(17,2)12-19(28)24(20,21)25/h4,8,10,13,16-17,19-20,28H,3,5-7,9,11-12H2,1-2H3/t16-,17-,19-,20-,21-,22-,24+/m0/s1. The van der Waals surface area contributed by atoms with Crippen molar-refractivity contribution in [3.05, 3.63) is 23.8 Å². The molecule has 3 nitrogen and oxygen atoms in total. The summed E-state index contributed by atoms with van der Waals surface area (Å²) in [5.41, 5.74) is -2.25. The van der Waals surface area contributed by atoms with Crippen LogP contribution >= 0.6 is 12.2 Å². The minimum Gasteiger partial charge on any atom is -0.390 e. The van der Waals surface area contributed by atoms with E-state index >= 15 is 4.39 Å². The number of hydrogen-bond acceptors (Lipinski definition) is 4. The Morgan fingerprint density at radius 3 is 2.66 bits per heavy atom. The number of alkyl halides is 1. The molecule has 156 valence electrons. The number of hydrogen-bond donors (Lipinski definition) is 1. The van der Waals surface area contributed by atoms with Gasteiger partial charge in [0.25, 0.3) is 0 Å². The van der Waals surface area contributed by atoms with Crippen molar-refractivity contribution in [3.8, 4) is 0 Å². The molecule has 5 aliphatic rings. The average molecular weight is 417 g/mol. The molecule has 1 N–H and O–H groups in total. The number of allylic oxidation sites excluding steroid dienone is 4. The summed E-state index contributed by atoms with van der Waals surface area (Å²) in [5.74, 6) is -1.03. The first-order valence-electron chi connectivity index (χ1n) is 10.9. The second-order valence-electron chi connectivity index (χ2n) is 10.6. The molecule has 0 aromatic heterocycles. The zero-order chi connectivity index (χ0) is 20.8. The zero-order valence-electron chi connectivity index (χ0n) is 17.1. The molecule has 0 saturated heterocycles. The number of carbonyl (C=O) groups excluding carboxylic acids is 2. The first-order chi connectivity index (χ1) is 13.6. The molecule has 7 atom stereocenters. The Kier molecular flexibility index (Phi) is 4.04. The van der Waals surface area contributed by atoms with Crippen molar-refractivity contribution in [2.75, 3.05) is 0 Å². The SMILES string of the molecule is C[C@]12C[C@H](O)[C@@]3(F)[C@@H]([C@H](C(=S)C=O)CC4=CC(=O)C=C[C@@]43C)[C@@H]1CCC21CCC1. The van der Waals surface area contributed by atoms with E-state index in [1.807, 2.05) is 6.92 Å². The van der Waals surface area contributed by atoms with E-state index in [2.05, 4.69) is 6.92 Å². The van der Waals surface area contributed by atoms with Crippen molar-refractivity contribution in [1.29, 1.82) is 0 Å². The Morgan fingerprint density at radius 1 is 1.31 bits per heavy atom. The van der Waals surface area contributed by atoms with Crippen LogP contribution in [0.4, 0.5) is 4.39 Å². The molecular weight excluding hydrogens is 387 g/mol. The second-order valence-corrected chi connectivity index (χ2v) is 11.1. The van der Waals surface area contributed by atoms with Crippen molar-refractivity contribution in [3.63, 3.8) is 0 Å². The van der Waals surface area contributed by atoms with Crippen molar-refractivity contribution >= 4 is 29.2 Å². The topological polar surface area (TPSA) is 54.4 Å². The fourth-order valence-electron chi connectivity index (χ4n) is 8.23. The largest absolute Gasteiger partial charge is 0.390 e. The van der Waals surface area contributed by atoms with Crippen LogP contribution in [-0.2, 0) is 9.59 Å². The van der Waals surface area contributed by atoms with Gasteiger partial charge in [0.15, 0.2) is 17.7 Å². The summed E-state index contributed by atoms with van der Waals surface area (Å²) in [6.07, 6.45) is 10.5. The summed E-state index contributed by atoms with van der Waals surface area (Å²) in [4.78, 5) is 24.0. The van der Waals surface area contributed by atoms with Crippen LogP contribution in [-0.4, -0.2) is 33.8 Å². The van der Waals surface area contributed by atoms with Gasteiger partial charge in [0, 0.05) is 17.3 Å². The van der Waals surface area contributed by atoms with E-state index in [4.69, 9.17) is 12.2 Å². The third kappa shape index (κ3) is 2.14. The Hall–Kier alpha value is -1.20. The van der Waals surface area contributed by atoms with Crippen LogP contribution in [0, 0.1) is 34.0 Å². The Balaban J connectivity index is 1.70. The number of ketones is 1. The summed E-state index contributed by atoms with van der Waals surface area (Å²) >= 11 is 5.44. The van der Waals surface area contributed by atoms with Gasteiger partial charge in [-0.1, -0.05) is 37.2 Å². The molecule has 0 amide bonds. The molecule has 5 rings (SSSR count). The second kappa shape index (κ2) is 5.94. The van der Waals surface area contributed by atoms with Gasteiger partial charge in [-0.05, 0) is 74.3 Å². The van der Waals surface area contributed by atoms with Gasteiger partial charge in [-0.2, -0.15) is 0 Å². The van der Waals surface area contributed by atoms with E-state index in [-0.39, 0.29) is 27.4 Å². The molecular formula is C24H29FO3S. The van der Waals surface area contributed by atoms with Crippen LogP contribution in [0.1, 0.15) is 58.8 Å². The summed E-state index contributed by atoms with van der Waals surface area (Å²) in [5, 5.41) is 11.4. The highest BCUT2D eigenvalue weighted by atomic mass is 32.1.